The summed E-state index contributed by atoms with van der Waals surface area (Å²) < 4.78 is 58.4. The molecular weight excluding hydrogens is 445 g/mol. The molecule has 0 aliphatic rings. The van der Waals surface area contributed by atoms with Gasteiger partial charge in [-0.25, -0.2) is 4.79 Å². The normalized spacial score (nSPS) is 12.1. The third-order valence-electron chi connectivity index (χ3n) is 3.97. The second-order valence-corrected chi connectivity index (χ2v) is 7.27. The van der Waals surface area contributed by atoms with Crippen molar-refractivity contribution in [1.29, 1.82) is 0 Å². The Morgan fingerprint density at radius 1 is 0.848 bits per heavy atom. The number of carbonyl (C=O) groups excluding carboxylic acids is 3. The quantitative estimate of drug-likeness (QED) is 0.368. The fourth-order valence-corrected chi connectivity index (χ4v) is 2.49. The van der Waals surface area contributed by atoms with Gasteiger partial charge in [0, 0.05) is 0 Å². The lowest BCUT2D eigenvalue weighted by atomic mass is 10.2. The molecule has 0 saturated carbocycles. The van der Waals surface area contributed by atoms with E-state index in [4.69, 9.17) is 18.9 Å². The maximum atomic E-state index is 12.6. The highest BCUT2D eigenvalue weighted by molar-refractivity contribution is 6.34. The molecule has 0 bridgehead atoms. The van der Waals surface area contributed by atoms with Crippen LogP contribution in [0.4, 0.5) is 13.2 Å². The SMILES string of the molecule is CC(C)OC(=O)C(=O)COC(=O)CC(C)Oc1ccc(Oc2ccc(C(F)(F)F)cc2)cc1. The highest BCUT2D eigenvalue weighted by atomic mass is 19.4. The minimum atomic E-state index is -4.42. The zero-order chi connectivity index (χ0) is 24.6. The van der Waals surface area contributed by atoms with Crippen molar-refractivity contribution >= 4 is 17.7 Å². The molecule has 2 aromatic rings. The molecule has 33 heavy (non-hydrogen) atoms. The van der Waals surface area contributed by atoms with Gasteiger partial charge in [0.2, 0.25) is 0 Å². The van der Waals surface area contributed by atoms with Crippen LogP contribution in [0.2, 0.25) is 0 Å². The summed E-state index contributed by atoms with van der Waals surface area (Å²) in [5.74, 6) is -1.74. The first kappa shape index (κ1) is 25.7. The minimum Gasteiger partial charge on any atom is -0.490 e. The van der Waals surface area contributed by atoms with Crippen molar-refractivity contribution in [3.8, 4) is 17.2 Å². The number of hydrogen-bond donors (Lipinski definition) is 0. The fourth-order valence-electron chi connectivity index (χ4n) is 2.49. The summed E-state index contributed by atoms with van der Waals surface area (Å²) in [5.41, 5.74) is -0.772. The summed E-state index contributed by atoms with van der Waals surface area (Å²) in [6.45, 7) is 4.07. The summed E-state index contributed by atoms with van der Waals surface area (Å²) in [4.78, 5) is 34.8. The molecule has 2 rings (SSSR count). The van der Waals surface area contributed by atoms with Crippen LogP contribution >= 0.6 is 0 Å². The number of ether oxygens (including phenoxy) is 4. The van der Waals surface area contributed by atoms with Gasteiger partial charge in [0.15, 0.2) is 6.61 Å². The Kier molecular flexibility index (Phi) is 8.84. The first-order valence-corrected chi connectivity index (χ1v) is 9.95. The lowest BCUT2D eigenvalue weighted by Crippen LogP contribution is -2.27. The number of halogens is 3. The lowest BCUT2D eigenvalue weighted by molar-refractivity contribution is -0.161. The molecule has 0 aliphatic carbocycles. The van der Waals surface area contributed by atoms with E-state index in [-0.39, 0.29) is 12.2 Å². The first-order chi connectivity index (χ1) is 15.4. The summed E-state index contributed by atoms with van der Waals surface area (Å²) >= 11 is 0. The molecule has 1 atom stereocenters. The lowest BCUT2D eigenvalue weighted by Gasteiger charge is -2.15. The van der Waals surface area contributed by atoms with Gasteiger partial charge in [-0.2, -0.15) is 13.2 Å². The van der Waals surface area contributed by atoms with Crippen molar-refractivity contribution in [2.45, 2.75) is 45.6 Å². The van der Waals surface area contributed by atoms with Crippen LogP contribution < -0.4 is 9.47 Å². The second-order valence-electron chi connectivity index (χ2n) is 7.27. The first-order valence-electron chi connectivity index (χ1n) is 9.95. The number of ketones is 1. The number of benzene rings is 2. The molecule has 0 spiro atoms. The average molecular weight is 468 g/mol. The monoisotopic (exact) mass is 468 g/mol. The number of carbonyl (C=O) groups is 3. The highest BCUT2D eigenvalue weighted by Crippen LogP contribution is 2.31. The van der Waals surface area contributed by atoms with Gasteiger partial charge in [-0.1, -0.05) is 0 Å². The molecule has 0 saturated heterocycles. The van der Waals surface area contributed by atoms with Crippen molar-refractivity contribution in [3.63, 3.8) is 0 Å². The molecule has 7 nitrogen and oxygen atoms in total. The van der Waals surface area contributed by atoms with Crippen LogP contribution in [-0.4, -0.2) is 36.5 Å². The van der Waals surface area contributed by atoms with Gasteiger partial charge >= 0.3 is 18.1 Å². The molecule has 0 heterocycles. The van der Waals surface area contributed by atoms with Gasteiger partial charge in [0.1, 0.15) is 23.4 Å². The van der Waals surface area contributed by atoms with E-state index in [1.54, 1.807) is 45.0 Å². The van der Waals surface area contributed by atoms with Crippen LogP contribution in [0.1, 0.15) is 32.8 Å². The van der Waals surface area contributed by atoms with Crippen LogP contribution in [0.15, 0.2) is 48.5 Å². The Morgan fingerprint density at radius 3 is 1.88 bits per heavy atom. The largest absolute Gasteiger partial charge is 0.490 e. The number of rotatable bonds is 10. The van der Waals surface area contributed by atoms with Crippen LogP contribution in [0.25, 0.3) is 0 Å². The Bertz CT molecular complexity index is 952. The molecule has 0 amide bonds. The van der Waals surface area contributed by atoms with Gasteiger partial charge in [-0.05, 0) is 69.3 Å². The standard InChI is InChI=1S/C23H23F3O7/c1-14(2)31-22(29)20(27)13-30-21(28)12-15(3)32-17-8-10-19(11-9-17)33-18-6-4-16(5-7-18)23(24,25)26/h4-11,14-15H,12-13H2,1-3H3. The number of esters is 2. The predicted molar refractivity (Wildman–Crippen MR) is 110 cm³/mol. The van der Waals surface area contributed by atoms with Crippen LogP contribution in [0, 0.1) is 0 Å². The predicted octanol–water partition coefficient (Wildman–Crippen LogP) is 4.72. The third kappa shape index (κ3) is 8.83. The molecule has 0 aromatic heterocycles. The van der Waals surface area contributed by atoms with Crippen molar-refractivity contribution in [1.82, 2.24) is 0 Å². The summed E-state index contributed by atoms with van der Waals surface area (Å²) in [6.07, 6.45) is -5.65. The van der Waals surface area contributed by atoms with Crippen LogP contribution in [0.5, 0.6) is 17.2 Å². The summed E-state index contributed by atoms with van der Waals surface area (Å²) in [5, 5.41) is 0. The zero-order valence-electron chi connectivity index (χ0n) is 18.2. The van der Waals surface area contributed by atoms with Crippen LogP contribution in [0.3, 0.4) is 0 Å². The van der Waals surface area contributed by atoms with E-state index in [2.05, 4.69) is 0 Å². The molecule has 0 N–H and O–H groups in total. The van der Waals surface area contributed by atoms with E-state index < -0.39 is 48.3 Å². The Labute approximate surface area is 188 Å². The molecule has 1 unspecified atom stereocenters. The molecule has 10 heteroatoms. The topological polar surface area (TPSA) is 88.1 Å². The number of hydrogen-bond acceptors (Lipinski definition) is 7. The minimum absolute atomic E-state index is 0.170. The Balaban J connectivity index is 1.80. The Morgan fingerprint density at radius 2 is 1.36 bits per heavy atom. The van der Waals surface area contributed by atoms with E-state index in [0.29, 0.717) is 11.5 Å². The third-order valence-corrected chi connectivity index (χ3v) is 3.97. The van der Waals surface area contributed by atoms with Gasteiger partial charge in [0.25, 0.3) is 5.78 Å². The molecule has 0 aliphatic heterocycles. The van der Waals surface area contributed by atoms with Gasteiger partial charge in [0.05, 0.1) is 18.1 Å². The summed E-state index contributed by atoms with van der Waals surface area (Å²) in [7, 11) is 0. The van der Waals surface area contributed by atoms with Gasteiger partial charge in [-0.3, -0.25) is 9.59 Å². The van der Waals surface area contributed by atoms with Crippen molar-refractivity contribution in [3.05, 3.63) is 54.1 Å². The maximum Gasteiger partial charge on any atom is 0.416 e. The van der Waals surface area contributed by atoms with Gasteiger partial charge in [-0.15, -0.1) is 0 Å². The zero-order valence-corrected chi connectivity index (χ0v) is 18.2. The van der Waals surface area contributed by atoms with E-state index in [0.717, 1.165) is 12.1 Å². The maximum absolute atomic E-state index is 12.6. The average Bonchev–Trinajstić information content (AvgIpc) is 2.72. The smallest absolute Gasteiger partial charge is 0.416 e. The van der Waals surface area contributed by atoms with E-state index in [9.17, 15) is 27.6 Å². The van der Waals surface area contributed by atoms with E-state index in [1.165, 1.54) is 12.1 Å². The fraction of sp³-hybridized carbons (Fsp3) is 0.348. The van der Waals surface area contributed by atoms with Gasteiger partial charge < -0.3 is 18.9 Å². The second kappa shape index (κ2) is 11.3. The Hall–Kier alpha value is -3.56. The molecule has 0 fully saturated rings. The van der Waals surface area contributed by atoms with Crippen LogP contribution in [-0.2, 0) is 30.0 Å². The number of Topliss-reactive ketones (excluding diaryl/α,β-unsaturated/α-hetero) is 1. The van der Waals surface area contributed by atoms with E-state index >= 15 is 0 Å². The van der Waals surface area contributed by atoms with E-state index in [1.807, 2.05) is 0 Å². The van der Waals surface area contributed by atoms with Crippen molar-refractivity contribution in [2.75, 3.05) is 6.61 Å². The highest BCUT2D eigenvalue weighted by Gasteiger charge is 2.30. The number of alkyl halides is 3. The van der Waals surface area contributed by atoms with Crippen molar-refractivity contribution in [2.24, 2.45) is 0 Å². The summed E-state index contributed by atoms with van der Waals surface area (Å²) in [6, 6.07) is 10.5. The molecule has 178 valence electrons. The van der Waals surface area contributed by atoms with Crippen molar-refractivity contribution < 1.29 is 46.5 Å². The molecule has 2 aromatic carbocycles. The molecule has 0 radical (unpaired) electrons. The molecular formula is C23H23F3O7.